The number of fused-ring (bicyclic) bond motifs is 1. The van der Waals surface area contributed by atoms with Crippen molar-refractivity contribution < 1.29 is 9.47 Å². The van der Waals surface area contributed by atoms with Gasteiger partial charge in [0.2, 0.25) is 11.8 Å². The Balaban J connectivity index is 1.66. The third-order valence-corrected chi connectivity index (χ3v) is 4.42. The second-order valence-electron chi connectivity index (χ2n) is 6.08. The van der Waals surface area contributed by atoms with Crippen molar-refractivity contribution in [3.05, 3.63) is 54.5 Å². The quantitative estimate of drug-likeness (QED) is 0.700. The summed E-state index contributed by atoms with van der Waals surface area (Å²) >= 11 is 0. The molecule has 1 aliphatic rings. The Morgan fingerprint density at radius 2 is 1.88 bits per heavy atom. The number of rotatable bonds is 5. The van der Waals surface area contributed by atoms with Gasteiger partial charge in [-0.2, -0.15) is 0 Å². The van der Waals surface area contributed by atoms with Crippen LogP contribution in [0.5, 0.6) is 17.4 Å². The highest BCUT2D eigenvalue weighted by molar-refractivity contribution is 5.76. The lowest BCUT2D eigenvalue weighted by molar-refractivity contribution is 0.357. The molecular formula is C20H20N4O2. The monoisotopic (exact) mass is 348 g/mol. The highest BCUT2D eigenvalue weighted by Gasteiger charge is 2.20. The predicted octanol–water partition coefficient (Wildman–Crippen LogP) is 3.72. The molecule has 0 unspecified atom stereocenters. The summed E-state index contributed by atoms with van der Waals surface area (Å²) in [4.78, 5) is 15.1. The SMILES string of the molecule is CCN(C)c1ncc(Oc2ncccc2-c2cccc3c2OCC3)cn1. The normalized spacial score (nSPS) is 12.4. The van der Waals surface area contributed by atoms with E-state index in [4.69, 9.17) is 9.47 Å². The fraction of sp³-hybridized carbons (Fsp3) is 0.250. The first-order chi connectivity index (χ1) is 12.8. The lowest BCUT2D eigenvalue weighted by Gasteiger charge is -2.15. The van der Waals surface area contributed by atoms with Gasteiger partial charge in [-0.15, -0.1) is 0 Å². The zero-order chi connectivity index (χ0) is 17.9. The molecule has 1 aromatic carbocycles. The molecule has 0 N–H and O–H groups in total. The van der Waals surface area contributed by atoms with E-state index in [1.54, 1.807) is 18.6 Å². The van der Waals surface area contributed by atoms with Crippen molar-refractivity contribution in [2.45, 2.75) is 13.3 Å². The first-order valence-corrected chi connectivity index (χ1v) is 8.67. The Hall–Kier alpha value is -3.15. The van der Waals surface area contributed by atoms with Crippen molar-refractivity contribution in [3.8, 4) is 28.5 Å². The number of hydrogen-bond donors (Lipinski definition) is 0. The number of anilines is 1. The molecule has 3 aromatic rings. The van der Waals surface area contributed by atoms with Crippen LogP contribution in [0.3, 0.4) is 0 Å². The second-order valence-corrected chi connectivity index (χ2v) is 6.08. The smallest absolute Gasteiger partial charge is 0.227 e. The number of para-hydroxylation sites is 1. The number of ether oxygens (including phenoxy) is 2. The van der Waals surface area contributed by atoms with Gasteiger partial charge < -0.3 is 14.4 Å². The molecule has 0 saturated carbocycles. The Bertz CT molecular complexity index is 912. The lowest BCUT2D eigenvalue weighted by Crippen LogP contribution is -2.18. The van der Waals surface area contributed by atoms with Gasteiger partial charge in [-0.1, -0.05) is 18.2 Å². The standard InChI is InChI=1S/C20H20N4O2/c1-3-24(2)20-22-12-15(13-23-20)26-19-17(8-5-10-21-19)16-7-4-6-14-9-11-25-18(14)16/h4-8,10,12-13H,3,9,11H2,1-2H3. The number of benzene rings is 1. The van der Waals surface area contributed by atoms with E-state index in [2.05, 4.69) is 21.0 Å². The summed E-state index contributed by atoms with van der Waals surface area (Å²) in [6.07, 6.45) is 5.97. The van der Waals surface area contributed by atoms with E-state index in [1.807, 2.05) is 43.1 Å². The van der Waals surface area contributed by atoms with Gasteiger partial charge in [0.15, 0.2) is 5.75 Å². The van der Waals surface area contributed by atoms with E-state index in [0.717, 1.165) is 29.8 Å². The van der Waals surface area contributed by atoms with Crippen molar-refractivity contribution in [2.75, 3.05) is 25.1 Å². The zero-order valence-corrected chi connectivity index (χ0v) is 14.8. The molecule has 4 rings (SSSR count). The van der Waals surface area contributed by atoms with Crippen LogP contribution in [0.4, 0.5) is 5.95 Å². The van der Waals surface area contributed by atoms with Crippen molar-refractivity contribution in [2.24, 2.45) is 0 Å². The third kappa shape index (κ3) is 3.06. The molecule has 6 nitrogen and oxygen atoms in total. The maximum Gasteiger partial charge on any atom is 0.227 e. The minimum Gasteiger partial charge on any atom is -0.492 e. The number of hydrogen-bond acceptors (Lipinski definition) is 6. The lowest BCUT2D eigenvalue weighted by atomic mass is 10.0. The van der Waals surface area contributed by atoms with Crippen LogP contribution in [0.2, 0.25) is 0 Å². The molecule has 3 heterocycles. The van der Waals surface area contributed by atoms with Gasteiger partial charge in [0, 0.05) is 37.3 Å². The van der Waals surface area contributed by atoms with Gasteiger partial charge in [-0.25, -0.2) is 15.0 Å². The van der Waals surface area contributed by atoms with E-state index in [0.29, 0.717) is 24.2 Å². The average Bonchev–Trinajstić information content (AvgIpc) is 3.17. The van der Waals surface area contributed by atoms with E-state index in [9.17, 15) is 0 Å². The van der Waals surface area contributed by atoms with E-state index >= 15 is 0 Å². The largest absolute Gasteiger partial charge is 0.492 e. The molecular weight excluding hydrogens is 328 g/mol. The van der Waals surface area contributed by atoms with Gasteiger partial charge in [-0.3, -0.25) is 0 Å². The molecule has 0 saturated heterocycles. The average molecular weight is 348 g/mol. The highest BCUT2D eigenvalue weighted by atomic mass is 16.5. The summed E-state index contributed by atoms with van der Waals surface area (Å²) in [5, 5.41) is 0. The first kappa shape index (κ1) is 16.3. The summed E-state index contributed by atoms with van der Waals surface area (Å²) in [6.45, 7) is 3.60. The van der Waals surface area contributed by atoms with E-state index in [1.165, 1.54) is 5.56 Å². The molecule has 0 fully saturated rings. The van der Waals surface area contributed by atoms with Gasteiger partial charge in [0.25, 0.3) is 0 Å². The van der Waals surface area contributed by atoms with Crippen LogP contribution in [0.15, 0.2) is 48.9 Å². The maximum absolute atomic E-state index is 5.98. The zero-order valence-electron chi connectivity index (χ0n) is 14.8. The van der Waals surface area contributed by atoms with Gasteiger partial charge in [0.05, 0.1) is 19.0 Å². The molecule has 26 heavy (non-hydrogen) atoms. The van der Waals surface area contributed by atoms with Crippen LogP contribution >= 0.6 is 0 Å². The minimum atomic E-state index is 0.511. The minimum absolute atomic E-state index is 0.511. The number of aromatic nitrogens is 3. The summed E-state index contributed by atoms with van der Waals surface area (Å²) in [5.41, 5.74) is 3.10. The molecule has 0 aliphatic carbocycles. The van der Waals surface area contributed by atoms with Crippen LogP contribution in [-0.2, 0) is 6.42 Å². The fourth-order valence-corrected chi connectivity index (χ4v) is 2.92. The van der Waals surface area contributed by atoms with Crippen molar-refractivity contribution >= 4 is 5.95 Å². The molecule has 2 aromatic heterocycles. The molecule has 132 valence electrons. The predicted molar refractivity (Wildman–Crippen MR) is 99.9 cm³/mol. The molecule has 0 bridgehead atoms. The number of pyridine rings is 1. The molecule has 6 heteroatoms. The Morgan fingerprint density at radius 1 is 1.08 bits per heavy atom. The Kier molecular flexibility index (Phi) is 4.39. The molecule has 0 atom stereocenters. The summed E-state index contributed by atoms with van der Waals surface area (Å²) in [6, 6.07) is 10.0. The topological polar surface area (TPSA) is 60.4 Å². The highest BCUT2D eigenvalue weighted by Crippen LogP contribution is 2.40. The van der Waals surface area contributed by atoms with Crippen LogP contribution in [-0.4, -0.2) is 35.2 Å². The van der Waals surface area contributed by atoms with Crippen LogP contribution in [0.1, 0.15) is 12.5 Å². The molecule has 0 amide bonds. The summed E-state index contributed by atoms with van der Waals surface area (Å²) in [7, 11) is 1.95. The third-order valence-electron chi connectivity index (χ3n) is 4.42. The second kappa shape index (κ2) is 7.00. The maximum atomic E-state index is 5.98. The van der Waals surface area contributed by atoms with E-state index < -0.39 is 0 Å². The van der Waals surface area contributed by atoms with Crippen molar-refractivity contribution in [1.82, 2.24) is 15.0 Å². The van der Waals surface area contributed by atoms with Gasteiger partial charge >= 0.3 is 0 Å². The molecule has 0 spiro atoms. The summed E-state index contributed by atoms with van der Waals surface area (Å²) in [5.74, 6) is 2.64. The Morgan fingerprint density at radius 3 is 2.69 bits per heavy atom. The van der Waals surface area contributed by atoms with Gasteiger partial charge in [-0.05, 0) is 24.6 Å². The van der Waals surface area contributed by atoms with Crippen LogP contribution < -0.4 is 14.4 Å². The number of nitrogens with zero attached hydrogens (tertiary/aromatic N) is 4. The van der Waals surface area contributed by atoms with Crippen LogP contribution in [0, 0.1) is 0 Å². The van der Waals surface area contributed by atoms with Crippen molar-refractivity contribution in [3.63, 3.8) is 0 Å². The fourth-order valence-electron chi connectivity index (χ4n) is 2.92. The van der Waals surface area contributed by atoms with Gasteiger partial charge in [0.1, 0.15) is 5.75 Å². The Labute approximate surface area is 152 Å². The molecule has 0 radical (unpaired) electrons. The molecule has 1 aliphatic heterocycles. The van der Waals surface area contributed by atoms with E-state index in [-0.39, 0.29) is 0 Å². The van der Waals surface area contributed by atoms with Crippen LogP contribution in [0.25, 0.3) is 11.1 Å². The summed E-state index contributed by atoms with van der Waals surface area (Å²) < 4.78 is 11.8. The first-order valence-electron chi connectivity index (χ1n) is 8.67. The van der Waals surface area contributed by atoms with Crippen molar-refractivity contribution in [1.29, 1.82) is 0 Å².